The standard InChI is InChI=1S/C16H13NO3S/c17-21(19,20)15-6-2-5-13(10-15)16(18)14-8-7-11-3-1-4-12(11)9-14/h1-3,5-10H,4H2,(H2,17,19,20). The minimum absolute atomic E-state index is 0.0591. The smallest absolute Gasteiger partial charge is 0.238 e. The number of nitrogens with two attached hydrogens (primary N) is 1. The molecule has 0 atom stereocenters. The van der Waals surface area contributed by atoms with E-state index < -0.39 is 10.0 Å². The molecule has 4 nitrogen and oxygen atoms in total. The Hall–Kier alpha value is -2.24. The molecule has 2 aromatic rings. The third-order valence-electron chi connectivity index (χ3n) is 3.47. The lowest BCUT2D eigenvalue weighted by molar-refractivity contribution is 0.103. The van der Waals surface area contributed by atoms with Crippen molar-refractivity contribution in [2.75, 3.05) is 0 Å². The Kier molecular flexibility index (Phi) is 3.23. The quantitative estimate of drug-likeness (QED) is 0.882. The van der Waals surface area contributed by atoms with Gasteiger partial charge in [-0.15, -0.1) is 0 Å². The van der Waals surface area contributed by atoms with Crippen LogP contribution < -0.4 is 5.14 Å². The van der Waals surface area contributed by atoms with Gasteiger partial charge in [0.25, 0.3) is 0 Å². The van der Waals surface area contributed by atoms with E-state index in [2.05, 4.69) is 0 Å². The van der Waals surface area contributed by atoms with Crippen molar-refractivity contribution in [2.45, 2.75) is 11.3 Å². The van der Waals surface area contributed by atoms with E-state index in [0.717, 1.165) is 17.5 Å². The van der Waals surface area contributed by atoms with Gasteiger partial charge in [-0.3, -0.25) is 4.79 Å². The van der Waals surface area contributed by atoms with Gasteiger partial charge in [0, 0.05) is 11.1 Å². The van der Waals surface area contributed by atoms with Gasteiger partial charge in [-0.1, -0.05) is 36.4 Å². The molecule has 106 valence electrons. The van der Waals surface area contributed by atoms with Gasteiger partial charge in [-0.25, -0.2) is 13.6 Å². The van der Waals surface area contributed by atoms with Crippen LogP contribution in [0.2, 0.25) is 0 Å². The third-order valence-corrected chi connectivity index (χ3v) is 4.38. The number of sulfonamides is 1. The van der Waals surface area contributed by atoms with Crippen LogP contribution in [0, 0.1) is 0 Å². The van der Waals surface area contributed by atoms with Crippen LogP contribution in [0.4, 0.5) is 0 Å². The summed E-state index contributed by atoms with van der Waals surface area (Å²) >= 11 is 0. The molecular formula is C16H13NO3S. The average Bonchev–Trinajstić information content (AvgIpc) is 2.93. The average molecular weight is 299 g/mol. The topological polar surface area (TPSA) is 77.2 Å². The molecule has 2 aromatic carbocycles. The molecule has 0 bridgehead atoms. The van der Waals surface area contributed by atoms with Gasteiger partial charge >= 0.3 is 0 Å². The number of carbonyl (C=O) groups is 1. The largest absolute Gasteiger partial charge is 0.289 e. The summed E-state index contributed by atoms with van der Waals surface area (Å²) in [6.07, 6.45) is 4.87. The van der Waals surface area contributed by atoms with Crippen LogP contribution in [0.15, 0.2) is 53.4 Å². The summed E-state index contributed by atoms with van der Waals surface area (Å²) in [6, 6.07) is 11.3. The van der Waals surface area contributed by atoms with E-state index in [0.29, 0.717) is 11.1 Å². The molecule has 0 aromatic heterocycles. The SMILES string of the molecule is NS(=O)(=O)c1cccc(C(=O)c2ccc3c(c2)CC=C3)c1. The van der Waals surface area contributed by atoms with Gasteiger partial charge in [0.05, 0.1) is 4.90 Å². The Labute approximate surface area is 123 Å². The zero-order chi connectivity index (χ0) is 15.0. The number of fused-ring (bicyclic) bond motifs is 1. The van der Waals surface area contributed by atoms with Gasteiger partial charge < -0.3 is 0 Å². The van der Waals surface area contributed by atoms with Gasteiger partial charge in [0.1, 0.15) is 0 Å². The fraction of sp³-hybridized carbons (Fsp3) is 0.0625. The lowest BCUT2D eigenvalue weighted by Gasteiger charge is -2.06. The first-order valence-electron chi connectivity index (χ1n) is 6.42. The second-order valence-corrected chi connectivity index (χ2v) is 6.48. The summed E-state index contributed by atoms with van der Waals surface area (Å²) in [5.74, 6) is -0.213. The number of allylic oxidation sites excluding steroid dienone is 1. The molecule has 1 aliphatic carbocycles. The molecule has 0 unspecified atom stereocenters. The van der Waals surface area contributed by atoms with Crippen LogP contribution in [0.25, 0.3) is 6.08 Å². The Bertz CT molecular complexity index is 867. The molecule has 0 heterocycles. The van der Waals surface area contributed by atoms with Gasteiger partial charge in [-0.05, 0) is 35.7 Å². The second-order valence-electron chi connectivity index (χ2n) is 4.92. The summed E-state index contributed by atoms with van der Waals surface area (Å²) in [6.45, 7) is 0. The first-order chi connectivity index (χ1) is 9.95. The molecule has 0 fully saturated rings. The van der Waals surface area contributed by atoms with E-state index >= 15 is 0 Å². The van der Waals surface area contributed by atoms with Crippen molar-refractivity contribution < 1.29 is 13.2 Å². The molecule has 21 heavy (non-hydrogen) atoms. The number of ketones is 1. The predicted octanol–water partition coefficient (Wildman–Crippen LogP) is 2.13. The van der Waals surface area contributed by atoms with E-state index in [1.54, 1.807) is 12.1 Å². The molecule has 1 aliphatic rings. The minimum Gasteiger partial charge on any atom is -0.289 e. The summed E-state index contributed by atoms with van der Waals surface area (Å²) in [5.41, 5.74) is 3.07. The maximum absolute atomic E-state index is 12.5. The maximum Gasteiger partial charge on any atom is 0.238 e. The summed E-state index contributed by atoms with van der Waals surface area (Å²) in [7, 11) is -3.81. The number of carbonyl (C=O) groups excluding carboxylic acids is 1. The highest BCUT2D eigenvalue weighted by Gasteiger charge is 2.15. The van der Waals surface area contributed by atoms with Crippen LogP contribution in [0.3, 0.4) is 0 Å². The predicted molar refractivity (Wildman–Crippen MR) is 80.4 cm³/mol. The number of rotatable bonds is 3. The molecule has 0 amide bonds. The van der Waals surface area contributed by atoms with Crippen LogP contribution in [0.5, 0.6) is 0 Å². The fourth-order valence-electron chi connectivity index (χ4n) is 2.38. The highest BCUT2D eigenvalue weighted by molar-refractivity contribution is 7.89. The zero-order valence-corrected chi connectivity index (χ0v) is 11.9. The van der Waals surface area contributed by atoms with Crippen LogP contribution in [-0.4, -0.2) is 14.2 Å². The van der Waals surface area contributed by atoms with Crippen LogP contribution in [0.1, 0.15) is 27.0 Å². The summed E-state index contributed by atoms with van der Waals surface area (Å²) in [5, 5.41) is 5.09. The van der Waals surface area contributed by atoms with Crippen LogP contribution >= 0.6 is 0 Å². The Morgan fingerprint density at radius 3 is 2.57 bits per heavy atom. The van der Waals surface area contributed by atoms with Crippen molar-refractivity contribution in [1.29, 1.82) is 0 Å². The number of hydrogen-bond acceptors (Lipinski definition) is 3. The number of hydrogen-bond donors (Lipinski definition) is 1. The molecule has 2 N–H and O–H groups in total. The van der Waals surface area contributed by atoms with Crippen molar-refractivity contribution in [3.05, 3.63) is 70.8 Å². The maximum atomic E-state index is 12.5. The van der Waals surface area contributed by atoms with E-state index in [4.69, 9.17) is 5.14 Å². The number of benzene rings is 2. The highest BCUT2D eigenvalue weighted by Crippen LogP contribution is 2.22. The van der Waals surface area contributed by atoms with Crippen molar-refractivity contribution in [2.24, 2.45) is 5.14 Å². The fourth-order valence-corrected chi connectivity index (χ4v) is 2.94. The van der Waals surface area contributed by atoms with Crippen molar-refractivity contribution in [3.8, 4) is 0 Å². The van der Waals surface area contributed by atoms with E-state index in [1.165, 1.54) is 18.2 Å². The molecule has 0 radical (unpaired) electrons. The molecule has 0 saturated carbocycles. The lowest BCUT2D eigenvalue weighted by atomic mass is 9.99. The van der Waals surface area contributed by atoms with Crippen molar-refractivity contribution >= 4 is 21.9 Å². The molecule has 5 heteroatoms. The normalized spacial score (nSPS) is 13.2. The summed E-state index contributed by atoms with van der Waals surface area (Å²) < 4.78 is 22.7. The Morgan fingerprint density at radius 1 is 1.05 bits per heavy atom. The van der Waals surface area contributed by atoms with E-state index in [9.17, 15) is 13.2 Å². The first-order valence-corrected chi connectivity index (χ1v) is 7.97. The van der Waals surface area contributed by atoms with Gasteiger partial charge in [0.2, 0.25) is 10.0 Å². The summed E-state index contributed by atoms with van der Waals surface area (Å²) in [4.78, 5) is 12.4. The molecule has 0 spiro atoms. The Balaban J connectivity index is 2.00. The van der Waals surface area contributed by atoms with E-state index in [1.807, 2.05) is 24.3 Å². The molecule has 0 aliphatic heterocycles. The third kappa shape index (κ3) is 2.66. The first kappa shape index (κ1) is 13.7. The monoisotopic (exact) mass is 299 g/mol. The van der Waals surface area contributed by atoms with E-state index in [-0.39, 0.29) is 10.7 Å². The zero-order valence-electron chi connectivity index (χ0n) is 11.1. The number of primary sulfonamides is 1. The minimum atomic E-state index is -3.81. The van der Waals surface area contributed by atoms with Crippen LogP contribution in [-0.2, 0) is 16.4 Å². The van der Waals surface area contributed by atoms with Gasteiger partial charge in [-0.2, -0.15) is 0 Å². The molecule has 3 rings (SSSR count). The molecular weight excluding hydrogens is 286 g/mol. The van der Waals surface area contributed by atoms with Crippen molar-refractivity contribution in [1.82, 2.24) is 0 Å². The Morgan fingerprint density at radius 2 is 1.81 bits per heavy atom. The highest BCUT2D eigenvalue weighted by atomic mass is 32.2. The molecule has 0 saturated heterocycles. The van der Waals surface area contributed by atoms with Gasteiger partial charge in [0.15, 0.2) is 5.78 Å². The van der Waals surface area contributed by atoms with Crippen molar-refractivity contribution in [3.63, 3.8) is 0 Å². The lowest BCUT2D eigenvalue weighted by Crippen LogP contribution is -2.13. The second kappa shape index (κ2) is 4.95.